The van der Waals surface area contributed by atoms with Crippen LogP contribution in [0.1, 0.15) is 20.3 Å². The van der Waals surface area contributed by atoms with Gasteiger partial charge in [-0.3, -0.25) is 0 Å². The Morgan fingerprint density at radius 1 is 1.28 bits per heavy atom. The van der Waals surface area contributed by atoms with Gasteiger partial charge in [0.05, 0.1) is 18.7 Å². The summed E-state index contributed by atoms with van der Waals surface area (Å²) >= 11 is 6.02. The molecular weight excluding hydrogens is 252 g/mol. The van der Waals surface area contributed by atoms with Crippen molar-refractivity contribution in [3.63, 3.8) is 0 Å². The Labute approximate surface area is 111 Å². The molecule has 0 aliphatic rings. The van der Waals surface area contributed by atoms with E-state index in [2.05, 4.69) is 16.9 Å². The average molecular weight is 267 g/mol. The van der Waals surface area contributed by atoms with Crippen LogP contribution >= 0.6 is 11.6 Å². The second-order valence-electron chi connectivity index (χ2n) is 4.02. The van der Waals surface area contributed by atoms with Gasteiger partial charge >= 0.3 is 0 Å². The highest BCUT2D eigenvalue weighted by Gasteiger charge is 2.12. The zero-order valence-corrected chi connectivity index (χ0v) is 11.4. The van der Waals surface area contributed by atoms with Gasteiger partial charge in [0.25, 0.3) is 0 Å². The summed E-state index contributed by atoms with van der Waals surface area (Å²) in [6, 6.07) is 3.63. The van der Waals surface area contributed by atoms with Crippen LogP contribution in [0.4, 0.5) is 0 Å². The number of benzene rings is 1. The van der Waals surface area contributed by atoms with Crippen molar-refractivity contribution in [3.8, 4) is 11.5 Å². The summed E-state index contributed by atoms with van der Waals surface area (Å²) in [6.45, 7) is 4.08. The van der Waals surface area contributed by atoms with Gasteiger partial charge in [-0.25, -0.2) is 9.97 Å². The normalized spacial score (nSPS) is 12.4. The molecule has 1 heterocycles. The summed E-state index contributed by atoms with van der Waals surface area (Å²) in [4.78, 5) is 8.13. The molecular formula is C13H15ClN2O2. The fourth-order valence-corrected chi connectivity index (χ4v) is 1.78. The number of hydrogen-bond donors (Lipinski definition) is 0. The van der Waals surface area contributed by atoms with Gasteiger partial charge in [-0.05, 0) is 19.4 Å². The largest absolute Gasteiger partial charge is 0.493 e. The lowest BCUT2D eigenvalue weighted by atomic mass is 10.2. The van der Waals surface area contributed by atoms with E-state index >= 15 is 0 Å². The molecule has 0 radical (unpaired) electrons. The number of hydrogen-bond acceptors (Lipinski definition) is 4. The van der Waals surface area contributed by atoms with E-state index in [4.69, 9.17) is 21.1 Å². The Morgan fingerprint density at radius 2 is 2.06 bits per heavy atom. The third-order valence-electron chi connectivity index (χ3n) is 2.78. The van der Waals surface area contributed by atoms with E-state index in [-0.39, 0.29) is 6.10 Å². The SMILES string of the molecule is CCC(C)Oc1cc2ncnc(Cl)c2cc1OC. The quantitative estimate of drug-likeness (QED) is 0.795. The first-order valence-electron chi connectivity index (χ1n) is 5.80. The van der Waals surface area contributed by atoms with Gasteiger partial charge in [-0.15, -0.1) is 0 Å². The molecule has 0 spiro atoms. The first-order chi connectivity index (χ1) is 8.65. The van der Waals surface area contributed by atoms with E-state index in [0.29, 0.717) is 16.7 Å². The van der Waals surface area contributed by atoms with Crippen LogP contribution in [0.2, 0.25) is 5.15 Å². The number of ether oxygens (including phenoxy) is 2. The van der Waals surface area contributed by atoms with Crippen molar-refractivity contribution in [1.82, 2.24) is 9.97 Å². The Balaban J connectivity index is 2.52. The first-order valence-corrected chi connectivity index (χ1v) is 6.18. The number of aromatic nitrogens is 2. The van der Waals surface area contributed by atoms with Crippen LogP contribution in [-0.4, -0.2) is 23.2 Å². The van der Waals surface area contributed by atoms with Crippen LogP contribution in [0.15, 0.2) is 18.5 Å². The maximum Gasteiger partial charge on any atom is 0.163 e. The summed E-state index contributed by atoms with van der Waals surface area (Å²) in [7, 11) is 1.60. The van der Waals surface area contributed by atoms with Crippen molar-refractivity contribution in [2.75, 3.05) is 7.11 Å². The van der Waals surface area contributed by atoms with Crippen LogP contribution in [0.25, 0.3) is 10.9 Å². The number of fused-ring (bicyclic) bond motifs is 1. The fourth-order valence-electron chi connectivity index (χ4n) is 1.58. The molecule has 0 amide bonds. The van der Waals surface area contributed by atoms with Crippen molar-refractivity contribution in [3.05, 3.63) is 23.6 Å². The molecule has 0 bridgehead atoms. The molecule has 18 heavy (non-hydrogen) atoms. The average Bonchev–Trinajstić information content (AvgIpc) is 2.38. The molecule has 1 atom stereocenters. The highest BCUT2D eigenvalue weighted by molar-refractivity contribution is 6.34. The predicted molar refractivity (Wildman–Crippen MR) is 71.5 cm³/mol. The molecule has 4 nitrogen and oxygen atoms in total. The van der Waals surface area contributed by atoms with E-state index in [1.165, 1.54) is 6.33 Å². The Hall–Kier alpha value is -1.55. The van der Waals surface area contributed by atoms with E-state index in [9.17, 15) is 0 Å². The van der Waals surface area contributed by atoms with Crippen molar-refractivity contribution >= 4 is 22.5 Å². The smallest absolute Gasteiger partial charge is 0.163 e. The number of nitrogens with zero attached hydrogens (tertiary/aromatic N) is 2. The minimum atomic E-state index is 0.119. The minimum absolute atomic E-state index is 0.119. The van der Waals surface area contributed by atoms with Crippen molar-refractivity contribution in [1.29, 1.82) is 0 Å². The van der Waals surface area contributed by atoms with Crippen LogP contribution in [-0.2, 0) is 0 Å². The summed E-state index contributed by atoms with van der Waals surface area (Å²) in [5.41, 5.74) is 0.745. The maximum atomic E-state index is 6.02. The molecule has 0 aliphatic heterocycles. The molecule has 1 aromatic heterocycles. The van der Waals surface area contributed by atoms with E-state index in [0.717, 1.165) is 17.3 Å². The molecule has 0 N–H and O–H groups in total. The second-order valence-corrected chi connectivity index (χ2v) is 4.38. The summed E-state index contributed by atoms with van der Waals surface area (Å²) in [6.07, 6.45) is 2.48. The highest BCUT2D eigenvalue weighted by atomic mass is 35.5. The maximum absolute atomic E-state index is 6.02. The molecule has 0 saturated carbocycles. The van der Waals surface area contributed by atoms with E-state index in [1.54, 1.807) is 13.2 Å². The molecule has 1 unspecified atom stereocenters. The zero-order chi connectivity index (χ0) is 13.1. The molecule has 5 heteroatoms. The lowest BCUT2D eigenvalue weighted by Gasteiger charge is -2.16. The lowest BCUT2D eigenvalue weighted by Crippen LogP contribution is -2.10. The fraction of sp³-hybridized carbons (Fsp3) is 0.385. The standard InChI is InChI=1S/C13H15ClN2O2/c1-4-8(2)18-12-6-10-9(5-11(12)17-3)13(14)16-7-15-10/h5-8H,4H2,1-3H3. The van der Waals surface area contributed by atoms with Gasteiger partial charge < -0.3 is 9.47 Å². The van der Waals surface area contributed by atoms with Gasteiger partial charge in [-0.1, -0.05) is 18.5 Å². The monoisotopic (exact) mass is 266 g/mol. The second kappa shape index (κ2) is 5.40. The minimum Gasteiger partial charge on any atom is -0.493 e. The Kier molecular flexibility index (Phi) is 3.87. The molecule has 0 saturated heterocycles. The van der Waals surface area contributed by atoms with Gasteiger partial charge in [0.2, 0.25) is 0 Å². The van der Waals surface area contributed by atoms with Gasteiger partial charge in [-0.2, -0.15) is 0 Å². The zero-order valence-electron chi connectivity index (χ0n) is 10.6. The molecule has 0 aliphatic carbocycles. The Bertz CT molecular complexity index is 560. The van der Waals surface area contributed by atoms with Crippen LogP contribution < -0.4 is 9.47 Å². The summed E-state index contributed by atoms with van der Waals surface area (Å²) in [5, 5.41) is 1.17. The first kappa shape index (κ1) is 12.9. The number of rotatable bonds is 4. The highest BCUT2D eigenvalue weighted by Crippen LogP contribution is 2.34. The number of methoxy groups -OCH3 is 1. The van der Waals surface area contributed by atoms with Crippen molar-refractivity contribution in [2.24, 2.45) is 0 Å². The van der Waals surface area contributed by atoms with Crippen LogP contribution in [0.5, 0.6) is 11.5 Å². The number of halogens is 1. The van der Waals surface area contributed by atoms with Gasteiger partial charge in [0.1, 0.15) is 11.5 Å². The van der Waals surface area contributed by atoms with E-state index < -0.39 is 0 Å². The van der Waals surface area contributed by atoms with Crippen LogP contribution in [0.3, 0.4) is 0 Å². The van der Waals surface area contributed by atoms with Gasteiger partial charge in [0.15, 0.2) is 11.5 Å². The van der Waals surface area contributed by atoms with Gasteiger partial charge in [0, 0.05) is 11.5 Å². The summed E-state index contributed by atoms with van der Waals surface area (Å²) in [5.74, 6) is 1.31. The third kappa shape index (κ3) is 2.48. The van der Waals surface area contributed by atoms with Crippen LogP contribution in [0, 0.1) is 0 Å². The Morgan fingerprint density at radius 3 is 2.72 bits per heavy atom. The molecule has 96 valence electrons. The molecule has 0 fully saturated rings. The summed E-state index contributed by atoms with van der Waals surface area (Å²) < 4.78 is 11.1. The molecule has 2 aromatic rings. The van der Waals surface area contributed by atoms with E-state index in [1.807, 2.05) is 13.0 Å². The van der Waals surface area contributed by atoms with Crippen molar-refractivity contribution < 1.29 is 9.47 Å². The predicted octanol–water partition coefficient (Wildman–Crippen LogP) is 3.47. The molecule has 1 aromatic carbocycles. The lowest BCUT2D eigenvalue weighted by molar-refractivity contribution is 0.208. The topological polar surface area (TPSA) is 44.2 Å². The molecule has 2 rings (SSSR count). The third-order valence-corrected chi connectivity index (χ3v) is 3.08. The van der Waals surface area contributed by atoms with Crippen molar-refractivity contribution in [2.45, 2.75) is 26.4 Å².